The lowest BCUT2D eigenvalue weighted by atomic mass is 10.2. The largest absolute Gasteiger partial charge is 0.416 e. The van der Waals surface area contributed by atoms with Crippen molar-refractivity contribution < 1.29 is 31.5 Å². The number of carbonyl (C=O) groups excluding carboxylic acids is 2. The molecule has 0 spiro atoms. The van der Waals surface area contributed by atoms with Crippen LogP contribution in [0.3, 0.4) is 0 Å². The van der Waals surface area contributed by atoms with Crippen molar-refractivity contribution in [1.82, 2.24) is 5.32 Å². The van der Waals surface area contributed by atoms with E-state index >= 15 is 0 Å². The second-order valence-electron chi connectivity index (χ2n) is 5.05. The summed E-state index contributed by atoms with van der Waals surface area (Å²) >= 11 is 5.73. The van der Waals surface area contributed by atoms with E-state index in [0.29, 0.717) is 12.1 Å². The Kier molecular flexibility index (Phi) is 5.81. The van der Waals surface area contributed by atoms with Crippen molar-refractivity contribution in [3.63, 3.8) is 0 Å². The molecule has 4 nitrogen and oxygen atoms in total. The Morgan fingerprint density at radius 1 is 1.00 bits per heavy atom. The Balaban J connectivity index is 2.00. The normalized spacial score (nSPS) is 11.2. The highest BCUT2D eigenvalue weighted by Crippen LogP contribution is 2.33. The Bertz CT molecular complexity index is 855. The molecule has 0 saturated heterocycles. The summed E-state index contributed by atoms with van der Waals surface area (Å²) < 4.78 is 63.9. The molecule has 0 saturated carbocycles. The molecule has 0 radical (unpaired) electrons. The number of anilines is 1. The molecular formula is C16H10ClF5N2O2. The van der Waals surface area contributed by atoms with E-state index in [1.54, 1.807) is 0 Å². The Morgan fingerprint density at radius 2 is 1.69 bits per heavy atom. The quantitative estimate of drug-likeness (QED) is 0.773. The van der Waals surface area contributed by atoms with Gasteiger partial charge in [0.2, 0.25) is 5.91 Å². The minimum absolute atomic E-state index is 0.127. The molecular weight excluding hydrogens is 383 g/mol. The summed E-state index contributed by atoms with van der Waals surface area (Å²) in [5, 5.41) is 4.13. The summed E-state index contributed by atoms with van der Waals surface area (Å²) in [5.74, 6) is -4.10. The van der Waals surface area contributed by atoms with Gasteiger partial charge in [0.05, 0.1) is 22.8 Å². The first-order valence-corrected chi connectivity index (χ1v) is 7.35. The molecule has 0 atom stereocenters. The van der Waals surface area contributed by atoms with Gasteiger partial charge in [-0.3, -0.25) is 9.59 Å². The van der Waals surface area contributed by atoms with Gasteiger partial charge in [-0.25, -0.2) is 8.78 Å². The van der Waals surface area contributed by atoms with E-state index in [0.717, 1.165) is 24.3 Å². The van der Waals surface area contributed by atoms with Crippen molar-refractivity contribution in [3.8, 4) is 0 Å². The second kappa shape index (κ2) is 7.69. The van der Waals surface area contributed by atoms with Crippen molar-refractivity contribution >= 4 is 29.1 Å². The number of halogens is 6. The van der Waals surface area contributed by atoms with Crippen LogP contribution in [-0.4, -0.2) is 18.4 Å². The zero-order valence-electron chi connectivity index (χ0n) is 12.8. The number of nitrogens with one attached hydrogen (secondary N) is 2. The average molecular weight is 393 g/mol. The van der Waals surface area contributed by atoms with Crippen molar-refractivity contribution in [1.29, 1.82) is 0 Å². The Hall–Kier alpha value is -2.68. The number of benzene rings is 2. The van der Waals surface area contributed by atoms with Crippen molar-refractivity contribution in [2.24, 2.45) is 0 Å². The van der Waals surface area contributed by atoms with E-state index in [4.69, 9.17) is 11.6 Å². The molecule has 10 heteroatoms. The van der Waals surface area contributed by atoms with Gasteiger partial charge >= 0.3 is 6.18 Å². The maximum atomic E-state index is 13.1. The van der Waals surface area contributed by atoms with Crippen LogP contribution >= 0.6 is 11.6 Å². The van der Waals surface area contributed by atoms with Crippen LogP contribution in [-0.2, 0) is 11.0 Å². The zero-order valence-corrected chi connectivity index (χ0v) is 13.5. The van der Waals surface area contributed by atoms with Crippen molar-refractivity contribution in [2.45, 2.75) is 6.18 Å². The highest BCUT2D eigenvalue weighted by Gasteiger charge is 2.31. The number of rotatable bonds is 4. The predicted molar refractivity (Wildman–Crippen MR) is 83.8 cm³/mol. The lowest BCUT2D eigenvalue weighted by molar-refractivity contribution is -0.137. The van der Waals surface area contributed by atoms with Gasteiger partial charge < -0.3 is 10.6 Å². The van der Waals surface area contributed by atoms with E-state index in [1.165, 1.54) is 0 Å². The van der Waals surface area contributed by atoms with Crippen LogP contribution < -0.4 is 10.6 Å². The monoisotopic (exact) mass is 392 g/mol. The SMILES string of the molecule is O=C(CNC(=O)c1ccc(F)c(F)c1)Nc1cc(C(F)(F)F)ccc1Cl. The molecule has 2 aromatic rings. The van der Waals surface area contributed by atoms with Gasteiger partial charge in [0.1, 0.15) is 0 Å². The molecule has 0 bridgehead atoms. The van der Waals surface area contributed by atoms with Crippen LogP contribution in [0.15, 0.2) is 36.4 Å². The fraction of sp³-hybridized carbons (Fsp3) is 0.125. The van der Waals surface area contributed by atoms with Gasteiger partial charge in [0, 0.05) is 5.56 Å². The minimum atomic E-state index is -4.62. The highest BCUT2D eigenvalue weighted by molar-refractivity contribution is 6.33. The van der Waals surface area contributed by atoms with Gasteiger partial charge in [0.25, 0.3) is 5.91 Å². The lowest BCUT2D eigenvalue weighted by Crippen LogP contribution is -2.33. The number of amides is 2. The molecule has 2 N–H and O–H groups in total. The first kappa shape index (κ1) is 19.6. The van der Waals surface area contributed by atoms with Gasteiger partial charge in [-0.15, -0.1) is 0 Å². The summed E-state index contributed by atoms with van der Waals surface area (Å²) in [7, 11) is 0. The fourth-order valence-electron chi connectivity index (χ4n) is 1.89. The molecule has 138 valence electrons. The minimum Gasteiger partial charge on any atom is -0.343 e. The zero-order chi connectivity index (χ0) is 19.5. The van der Waals surface area contributed by atoms with Gasteiger partial charge in [0.15, 0.2) is 11.6 Å². The number of carbonyl (C=O) groups is 2. The lowest BCUT2D eigenvalue weighted by Gasteiger charge is -2.12. The van der Waals surface area contributed by atoms with Crippen LogP contribution in [0.2, 0.25) is 5.02 Å². The van der Waals surface area contributed by atoms with Gasteiger partial charge in [-0.2, -0.15) is 13.2 Å². The van der Waals surface area contributed by atoms with E-state index in [-0.39, 0.29) is 16.3 Å². The molecule has 2 rings (SSSR count). The molecule has 26 heavy (non-hydrogen) atoms. The third-order valence-corrected chi connectivity index (χ3v) is 3.49. The first-order valence-electron chi connectivity index (χ1n) is 6.98. The molecule has 2 aromatic carbocycles. The van der Waals surface area contributed by atoms with E-state index in [9.17, 15) is 31.5 Å². The molecule has 0 heterocycles. The number of alkyl halides is 3. The summed E-state index contributed by atoms with van der Waals surface area (Å²) in [6, 6.07) is 4.77. The summed E-state index contributed by atoms with van der Waals surface area (Å²) in [5.41, 5.74) is -1.52. The van der Waals surface area contributed by atoms with Crippen LogP contribution in [0, 0.1) is 11.6 Å². The van der Waals surface area contributed by atoms with E-state index in [2.05, 4.69) is 10.6 Å². The maximum absolute atomic E-state index is 13.1. The van der Waals surface area contributed by atoms with Crippen LogP contribution in [0.4, 0.5) is 27.6 Å². The fourth-order valence-corrected chi connectivity index (χ4v) is 2.06. The Labute approximate surface area is 149 Å². The molecule has 0 aliphatic heterocycles. The van der Waals surface area contributed by atoms with Gasteiger partial charge in [-0.1, -0.05) is 11.6 Å². The second-order valence-corrected chi connectivity index (χ2v) is 5.46. The molecule has 0 aliphatic rings. The van der Waals surface area contributed by atoms with E-state index < -0.39 is 41.7 Å². The topological polar surface area (TPSA) is 58.2 Å². The van der Waals surface area contributed by atoms with Crippen LogP contribution in [0.1, 0.15) is 15.9 Å². The smallest absolute Gasteiger partial charge is 0.343 e. The van der Waals surface area contributed by atoms with Gasteiger partial charge in [-0.05, 0) is 36.4 Å². The number of hydrogen-bond donors (Lipinski definition) is 2. The van der Waals surface area contributed by atoms with Crippen molar-refractivity contribution in [2.75, 3.05) is 11.9 Å². The summed E-state index contributed by atoms with van der Waals surface area (Å²) in [6.45, 7) is -0.621. The standard InChI is InChI=1S/C16H10ClF5N2O2/c17-10-3-2-9(16(20,21)22)6-13(10)24-14(25)7-23-15(26)8-1-4-11(18)12(19)5-8/h1-6H,7H2,(H,23,26)(H,24,25). The molecule has 0 unspecified atom stereocenters. The Morgan fingerprint density at radius 3 is 2.31 bits per heavy atom. The predicted octanol–water partition coefficient (Wildman–Crippen LogP) is 4.01. The number of hydrogen-bond acceptors (Lipinski definition) is 2. The molecule has 2 amide bonds. The summed E-state index contributed by atoms with van der Waals surface area (Å²) in [4.78, 5) is 23.5. The highest BCUT2D eigenvalue weighted by atomic mass is 35.5. The molecule has 0 aliphatic carbocycles. The third kappa shape index (κ3) is 4.92. The maximum Gasteiger partial charge on any atom is 0.416 e. The third-order valence-electron chi connectivity index (χ3n) is 3.16. The average Bonchev–Trinajstić information content (AvgIpc) is 2.56. The van der Waals surface area contributed by atoms with Crippen LogP contribution in [0.5, 0.6) is 0 Å². The first-order chi connectivity index (χ1) is 12.1. The van der Waals surface area contributed by atoms with E-state index in [1.807, 2.05) is 0 Å². The molecule has 0 aromatic heterocycles. The van der Waals surface area contributed by atoms with Crippen LogP contribution in [0.25, 0.3) is 0 Å². The molecule has 0 fully saturated rings. The summed E-state index contributed by atoms with van der Waals surface area (Å²) in [6.07, 6.45) is -4.62. The van der Waals surface area contributed by atoms with Crippen molar-refractivity contribution in [3.05, 3.63) is 64.2 Å².